The second-order valence-corrected chi connectivity index (χ2v) is 4.88. The number of hydrogen-bond acceptors (Lipinski definition) is 8. The number of hydrogen-bond donors (Lipinski definition) is 4. The maximum Gasteiger partial charge on any atom is 0.334 e. The molecule has 2 aliphatic heterocycles. The number of aliphatic hydroxyl groups is 4. The van der Waals surface area contributed by atoms with E-state index in [2.05, 4.69) is 0 Å². The maximum atomic E-state index is 11.2. The summed E-state index contributed by atoms with van der Waals surface area (Å²) in [4.78, 5) is 11.2. The second kappa shape index (κ2) is 6.06. The fourth-order valence-electron chi connectivity index (χ4n) is 2.14. The first-order chi connectivity index (χ1) is 9.42. The average molecular weight is 290 g/mol. The zero-order valence-electron chi connectivity index (χ0n) is 10.9. The van der Waals surface area contributed by atoms with Crippen LogP contribution in [0.5, 0.6) is 0 Å². The molecule has 0 bridgehead atoms. The first-order valence-electron chi connectivity index (χ1n) is 6.30. The van der Waals surface area contributed by atoms with Crippen LogP contribution in [0, 0.1) is 0 Å². The average Bonchev–Trinajstić information content (AvgIpc) is 2.38. The highest BCUT2D eigenvalue weighted by Crippen LogP contribution is 2.26. The van der Waals surface area contributed by atoms with Crippen LogP contribution in [0.3, 0.4) is 0 Å². The molecule has 114 valence electrons. The van der Waals surface area contributed by atoms with Gasteiger partial charge < -0.3 is 34.6 Å². The van der Waals surface area contributed by atoms with Crippen molar-refractivity contribution >= 4 is 5.97 Å². The van der Waals surface area contributed by atoms with Gasteiger partial charge in [0.15, 0.2) is 0 Å². The van der Waals surface area contributed by atoms with Gasteiger partial charge in [-0.2, -0.15) is 0 Å². The topological polar surface area (TPSA) is 126 Å². The van der Waals surface area contributed by atoms with Gasteiger partial charge in [-0.15, -0.1) is 0 Å². The lowest BCUT2D eigenvalue weighted by Gasteiger charge is -2.40. The molecule has 2 aliphatic rings. The predicted octanol–water partition coefficient (Wildman–Crippen LogP) is -1.98. The van der Waals surface area contributed by atoms with Crippen LogP contribution in [-0.4, -0.2) is 69.8 Å². The van der Waals surface area contributed by atoms with E-state index in [-0.39, 0.29) is 11.9 Å². The third-order valence-electron chi connectivity index (χ3n) is 3.20. The van der Waals surface area contributed by atoms with Crippen LogP contribution in [0.2, 0.25) is 0 Å². The lowest BCUT2D eigenvalue weighted by Crippen LogP contribution is -2.59. The molecule has 4 N–H and O–H groups in total. The molecule has 0 unspecified atom stereocenters. The number of aliphatic hydroxyl groups excluding tert-OH is 4. The smallest absolute Gasteiger partial charge is 0.334 e. The van der Waals surface area contributed by atoms with Crippen molar-refractivity contribution in [2.24, 2.45) is 0 Å². The van der Waals surface area contributed by atoms with E-state index in [1.54, 1.807) is 6.92 Å². The first kappa shape index (κ1) is 15.2. The van der Waals surface area contributed by atoms with Gasteiger partial charge in [0.1, 0.15) is 36.3 Å². The third kappa shape index (κ3) is 3.10. The zero-order valence-corrected chi connectivity index (χ0v) is 10.9. The molecule has 1 fully saturated rings. The third-order valence-corrected chi connectivity index (χ3v) is 3.20. The van der Waals surface area contributed by atoms with Crippen molar-refractivity contribution in [3.63, 3.8) is 0 Å². The van der Waals surface area contributed by atoms with Crippen LogP contribution in [-0.2, 0) is 19.0 Å². The summed E-state index contributed by atoms with van der Waals surface area (Å²) < 4.78 is 15.4. The van der Waals surface area contributed by atoms with Gasteiger partial charge in [-0.25, -0.2) is 4.79 Å². The van der Waals surface area contributed by atoms with Gasteiger partial charge in [0.05, 0.1) is 12.7 Å². The minimum absolute atomic E-state index is 0.248. The highest BCUT2D eigenvalue weighted by atomic mass is 16.7. The molecule has 0 aromatic heterocycles. The molecule has 0 radical (unpaired) electrons. The van der Waals surface area contributed by atoms with E-state index in [0.717, 1.165) is 6.08 Å². The number of ether oxygens (including phenoxy) is 3. The summed E-state index contributed by atoms with van der Waals surface area (Å²) >= 11 is 0. The molecule has 0 aromatic carbocycles. The zero-order chi connectivity index (χ0) is 14.9. The Morgan fingerprint density at radius 1 is 1.30 bits per heavy atom. The standard InChI is InChI=1S/C12H18O8/c1-5-2-6(3-8(14)18-5)19-12-11(17)10(16)9(15)7(4-13)20-12/h3,5,7,9-13,15-17H,2,4H2,1H3/t5-,7+,9+,10-,11+,12+/m0/s1. The normalized spacial score (nSPS) is 41.9. The van der Waals surface area contributed by atoms with Crippen LogP contribution in [0.25, 0.3) is 0 Å². The number of cyclic esters (lactones) is 1. The first-order valence-corrected chi connectivity index (χ1v) is 6.30. The van der Waals surface area contributed by atoms with Crippen LogP contribution in [0.4, 0.5) is 0 Å². The number of carbonyl (C=O) groups is 1. The Kier molecular flexibility index (Phi) is 4.61. The van der Waals surface area contributed by atoms with E-state index in [1.165, 1.54) is 0 Å². The summed E-state index contributed by atoms with van der Waals surface area (Å²) in [6, 6.07) is 0. The summed E-state index contributed by atoms with van der Waals surface area (Å²) in [6.45, 7) is 1.14. The van der Waals surface area contributed by atoms with Crippen molar-refractivity contribution in [2.45, 2.75) is 50.2 Å². The summed E-state index contributed by atoms with van der Waals surface area (Å²) in [6.07, 6.45) is -5.72. The van der Waals surface area contributed by atoms with Gasteiger partial charge in [0.2, 0.25) is 6.29 Å². The van der Waals surface area contributed by atoms with Crippen molar-refractivity contribution in [3.8, 4) is 0 Å². The van der Waals surface area contributed by atoms with Crippen LogP contribution < -0.4 is 0 Å². The largest absolute Gasteiger partial charge is 0.466 e. The van der Waals surface area contributed by atoms with E-state index >= 15 is 0 Å². The van der Waals surface area contributed by atoms with Gasteiger partial charge in [-0.1, -0.05) is 0 Å². The van der Waals surface area contributed by atoms with E-state index in [1.807, 2.05) is 0 Å². The molecule has 0 amide bonds. The molecule has 2 heterocycles. The van der Waals surface area contributed by atoms with E-state index < -0.39 is 43.3 Å². The Morgan fingerprint density at radius 3 is 2.60 bits per heavy atom. The van der Waals surface area contributed by atoms with Crippen molar-refractivity contribution in [3.05, 3.63) is 11.8 Å². The molecule has 20 heavy (non-hydrogen) atoms. The van der Waals surface area contributed by atoms with Crippen molar-refractivity contribution in [1.29, 1.82) is 0 Å². The summed E-state index contributed by atoms with van der Waals surface area (Å²) in [5, 5.41) is 38.1. The molecule has 0 saturated carbocycles. The molecule has 1 saturated heterocycles. The van der Waals surface area contributed by atoms with Crippen LogP contribution >= 0.6 is 0 Å². The molecule has 0 spiro atoms. The Bertz CT molecular complexity index is 393. The highest BCUT2D eigenvalue weighted by Gasteiger charge is 2.45. The molecule has 0 aromatic rings. The Hall–Kier alpha value is -1.19. The molecule has 8 nitrogen and oxygen atoms in total. The predicted molar refractivity (Wildman–Crippen MR) is 63.1 cm³/mol. The van der Waals surface area contributed by atoms with E-state index in [4.69, 9.17) is 19.3 Å². The highest BCUT2D eigenvalue weighted by molar-refractivity contribution is 5.83. The van der Waals surface area contributed by atoms with Gasteiger partial charge >= 0.3 is 5.97 Å². The maximum absolute atomic E-state index is 11.2. The van der Waals surface area contributed by atoms with Gasteiger partial charge in [-0.05, 0) is 6.92 Å². The Balaban J connectivity index is 2.06. The lowest BCUT2D eigenvalue weighted by molar-refractivity contribution is -0.292. The fraction of sp³-hybridized carbons (Fsp3) is 0.750. The van der Waals surface area contributed by atoms with Crippen molar-refractivity contribution in [1.82, 2.24) is 0 Å². The molecule has 2 rings (SSSR count). The molecular weight excluding hydrogens is 272 g/mol. The molecular formula is C12H18O8. The Labute approximate surface area is 115 Å². The number of carbonyl (C=O) groups excluding carboxylic acids is 1. The summed E-state index contributed by atoms with van der Waals surface area (Å²) in [5.74, 6) is -0.318. The SMILES string of the molecule is C[C@H]1CC(O[C@@H]2O[C@H](CO)[C@@H](O)[C@H](O)[C@H]2O)=CC(=O)O1. The Morgan fingerprint density at radius 2 is 2.00 bits per heavy atom. The molecule has 8 heteroatoms. The fourth-order valence-corrected chi connectivity index (χ4v) is 2.14. The lowest BCUT2D eigenvalue weighted by atomic mass is 9.99. The van der Waals surface area contributed by atoms with Gasteiger partial charge in [0, 0.05) is 6.42 Å². The van der Waals surface area contributed by atoms with E-state index in [9.17, 15) is 20.1 Å². The van der Waals surface area contributed by atoms with Crippen LogP contribution in [0.15, 0.2) is 11.8 Å². The number of esters is 1. The minimum atomic E-state index is -1.51. The second-order valence-electron chi connectivity index (χ2n) is 4.88. The minimum Gasteiger partial charge on any atom is -0.466 e. The monoisotopic (exact) mass is 290 g/mol. The van der Waals surface area contributed by atoms with Gasteiger partial charge in [-0.3, -0.25) is 0 Å². The van der Waals surface area contributed by atoms with Crippen molar-refractivity contribution < 1.29 is 39.4 Å². The summed E-state index contributed by atoms with van der Waals surface area (Å²) in [5.41, 5.74) is 0. The quantitative estimate of drug-likeness (QED) is 0.441. The van der Waals surface area contributed by atoms with E-state index in [0.29, 0.717) is 6.42 Å². The molecule has 6 atom stereocenters. The molecule has 0 aliphatic carbocycles. The van der Waals surface area contributed by atoms with Crippen molar-refractivity contribution in [2.75, 3.05) is 6.61 Å². The summed E-state index contributed by atoms with van der Waals surface area (Å²) in [7, 11) is 0. The number of rotatable bonds is 3. The van der Waals surface area contributed by atoms with Gasteiger partial charge in [0.25, 0.3) is 0 Å². The van der Waals surface area contributed by atoms with Crippen LogP contribution in [0.1, 0.15) is 13.3 Å².